The molecule has 0 spiro atoms. The highest BCUT2D eigenvalue weighted by atomic mass is 32.1. The summed E-state index contributed by atoms with van der Waals surface area (Å²) in [5.41, 5.74) is 5.53. The molecule has 2 N–H and O–H groups in total. The van der Waals surface area contributed by atoms with Crippen molar-refractivity contribution in [1.29, 1.82) is 0 Å². The Morgan fingerprint density at radius 3 is 2.71 bits per heavy atom. The predicted molar refractivity (Wildman–Crippen MR) is 70.8 cm³/mol. The van der Waals surface area contributed by atoms with Crippen LogP contribution in [0.2, 0.25) is 0 Å². The summed E-state index contributed by atoms with van der Waals surface area (Å²) < 4.78 is 5.61. The van der Waals surface area contributed by atoms with Crippen molar-refractivity contribution in [1.82, 2.24) is 4.90 Å². The van der Waals surface area contributed by atoms with Crippen LogP contribution < -0.4 is 5.73 Å². The molecule has 2 aromatic heterocycles. The van der Waals surface area contributed by atoms with Crippen LogP contribution in [0.15, 0.2) is 34.1 Å². The molecule has 0 fully saturated rings. The first-order chi connectivity index (χ1) is 8.20. The van der Waals surface area contributed by atoms with E-state index in [0.717, 1.165) is 18.1 Å². The maximum Gasteiger partial charge on any atom is 0.118 e. The molecular formula is C13H18N2OS. The Balaban J connectivity index is 1.99. The van der Waals surface area contributed by atoms with Crippen molar-refractivity contribution < 1.29 is 4.42 Å². The minimum Gasteiger partial charge on any atom is -0.463 e. The first-order valence-corrected chi connectivity index (χ1v) is 6.60. The van der Waals surface area contributed by atoms with Gasteiger partial charge in [-0.05, 0) is 37.6 Å². The van der Waals surface area contributed by atoms with E-state index in [2.05, 4.69) is 36.4 Å². The van der Waals surface area contributed by atoms with Gasteiger partial charge in [-0.2, -0.15) is 0 Å². The summed E-state index contributed by atoms with van der Waals surface area (Å²) in [6.07, 6.45) is 0. The zero-order chi connectivity index (χ0) is 12.3. The van der Waals surface area contributed by atoms with Gasteiger partial charge in [-0.1, -0.05) is 6.07 Å². The molecule has 4 heteroatoms. The van der Waals surface area contributed by atoms with E-state index in [9.17, 15) is 0 Å². The Kier molecular flexibility index (Phi) is 3.99. The molecule has 2 aromatic rings. The third kappa shape index (κ3) is 2.97. The van der Waals surface area contributed by atoms with Crippen LogP contribution in [0, 0.1) is 0 Å². The zero-order valence-electron chi connectivity index (χ0n) is 10.2. The molecular weight excluding hydrogens is 232 g/mol. The summed E-state index contributed by atoms with van der Waals surface area (Å²) >= 11 is 1.79. The lowest BCUT2D eigenvalue weighted by Gasteiger charge is -2.22. The van der Waals surface area contributed by atoms with Crippen molar-refractivity contribution in [2.75, 3.05) is 7.05 Å². The van der Waals surface area contributed by atoms with Gasteiger partial charge in [0.05, 0.1) is 13.1 Å². The third-order valence-corrected chi connectivity index (χ3v) is 3.98. The first kappa shape index (κ1) is 12.4. The van der Waals surface area contributed by atoms with Crippen molar-refractivity contribution in [3.63, 3.8) is 0 Å². The number of furan rings is 1. The minimum absolute atomic E-state index is 0.404. The lowest BCUT2D eigenvalue weighted by Crippen LogP contribution is -2.20. The normalized spacial score (nSPS) is 13.2. The van der Waals surface area contributed by atoms with E-state index in [-0.39, 0.29) is 0 Å². The summed E-state index contributed by atoms with van der Waals surface area (Å²) in [6.45, 7) is 3.47. The van der Waals surface area contributed by atoms with Crippen LogP contribution in [0.25, 0.3) is 0 Å². The van der Waals surface area contributed by atoms with Gasteiger partial charge < -0.3 is 10.2 Å². The largest absolute Gasteiger partial charge is 0.463 e. The Morgan fingerprint density at radius 2 is 2.12 bits per heavy atom. The van der Waals surface area contributed by atoms with Gasteiger partial charge in [-0.25, -0.2) is 0 Å². The molecule has 2 rings (SSSR count). The monoisotopic (exact) mass is 250 g/mol. The Labute approximate surface area is 106 Å². The molecule has 0 saturated carbocycles. The first-order valence-electron chi connectivity index (χ1n) is 5.72. The predicted octanol–water partition coefficient (Wildman–Crippen LogP) is 2.99. The average molecular weight is 250 g/mol. The molecule has 0 radical (unpaired) electrons. The van der Waals surface area contributed by atoms with E-state index in [0.29, 0.717) is 12.6 Å². The molecule has 3 nitrogen and oxygen atoms in total. The molecule has 0 aliphatic heterocycles. The molecule has 1 unspecified atom stereocenters. The van der Waals surface area contributed by atoms with Gasteiger partial charge >= 0.3 is 0 Å². The molecule has 17 heavy (non-hydrogen) atoms. The highest BCUT2D eigenvalue weighted by Gasteiger charge is 2.14. The summed E-state index contributed by atoms with van der Waals surface area (Å²) in [7, 11) is 2.11. The van der Waals surface area contributed by atoms with Crippen LogP contribution in [-0.2, 0) is 13.1 Å². The van der Waals surface area contributed by atoms with Gasteiger partial charge in [0.15, 0.2) is 0 Å². The molecule has 0 aliphatic carbocycles. The zero-order valence-corrected chi connectivity index (χ0v) is 11.0. The standard InChI is InChI=1S/C13H18N2OS/c1-10(13-4-3-7-17-13)15(2)9-12-6-5-11(8-14)16-12/h3-7,10H,8-9,14H2,1-2H3. The van der Waals surface area contributed by atoms with E-state index in [1.807, 2.05) is 12.1 Å². The van der Waals surface area contributed by atoms with E-state index in [1.165, 1.54) is 4.88 Å². The van der Waals surface area contributed by atoms with Gasteiger partial charge in [-0.3, -0.25) is 4.90 Å². The van der Waals surface area contributed by atoms with Gasteiger partial charge in [0.2, 0.25) is 0 Å². The second-order valence-electron chi connectivity index (χ2n) is 4.18. The molecule has 2 heterocycles. The van der Waals surface area contributed by atoms with Crippen LogP contribution in [-0.4, -0.2) is 11.9 Å². The highest BCUT2D eigenvalue weighted by molar-refractivity contribution is 7.10. The van der Waals surface area contributed by atoms with Crippen molar-refractivity contribution in [2.45, 2.75) is 26.1 Å². The second-order valence-corrected chi connectivity index (χ2v) is 5.16. The molecule has 1 atom stereocenters. The average Bonchev–Trinajstić information content (AvgIpc) is 2.98. The molecule has 92 valence electrons. The van der Waals surface area contributed by atoms with Gasteiger partial charge in [0.1, 0.15) is 11.5 Å². The van der Waals surface area contributed by atoms with Gasteiger partial charge in [-0.15, -0.1) is 11.3 Å². The van der Waals surface area contributed by atoms with Crippen molar-refractivity contribution in [3.8, 4) is 0 Å². The van der Waals surface area contributed by atoms with Gasteiger partial charge in [0.25, 0.3) is 0 Å². The lowest BCUT2D eigenvalue weighted by molar-refractivity contribution is 0.233. The summed E-state index contributed by atoms with van der Waals surface area (Å²) in [6, 6.07) is 8.60. The fourth-order valence-corrected chi connectivity index (χ4v) is 2.59. The SMILES string of the molecule is CC(c1cccs1)N(C)Cc1ccc(CN)o1. The van der Waals surface area contributed by atoms with Crippen LogP contribution in [0.4, 0.5) is 0 Å². The quantitative estimate of drug-likeness (QED) is 0.887. The molecule has 0 aromatic carbocycles. The maximum atomic E-state index is 5.61. The number of rotatable bonds is 5. The van der Waals surface area contributed by atoms with Crippen LogP contribution in [0.3, 0.4) is 0 Å². The summed E-state index contributed by atoms with van der Waals surface area (Å²) in [5, 5.41) is 2.11. The Morgan fingerprint density at radius 1 is 1.35 bits per heavy atom. The number of nitrogens with zero attached hydrogens (tertiary/aromatic N) is 1. The van der Waals surface area contributed by atoms with Crippen LogP contribution in [0.5, 0.6) is 0 Å². The van der Waals surface area contributed by atoms with Gasteiger partial charge in [0, 0.05) is 10.9 Å². The number of nitrogens with two attached hydrogens (primary N) is 1. The van der Waals surface area contributed by atoms with E-state index in [4.69, 9.17) is 10.2 Å². The van der Waals surface area contributed by atoms with Crippen molar-refractivity contribution >= 4 is 11.3 Å². The fraction of sp³-hybridized carbons (Fsp3) is 0.385. The minimum atomic E-state index is 0.404. The highest BCUT2D eigenvalue weighted by Crippen LogP contribution is 2.24. The molecule has 0 saturated heterocycles. The van der Waals surface area contributed by atoms with Crippen LogP contribution in [0.1, 0.15) is 29.4 Å². The summed E-state index contributed by atoms with van der Waals surface area (Å²) in [4.78, 5) is 3.64. The van der Waals surface area contributed by atoms with E-state index < -0.39 is 0 Å². The Bertz CT molecular complexity index is 450. The van der Waals surface area contributed by atoms with E-state index >= 15 is 0 Å². The van der Waals surface area contributed by atoms with Crippen molar-refractivity contribution in [3.05, 3.63) is 46.0 Å². The van der Waals surface area contributed by atoms with E-state index in [1.54, 1.807) is 11.3 Å². The third-order valence-electron chi connectivity index (χ3n) is 2.94. The van der Waals surface area contributed by atoms with Crippen molar-refractivity contribution in [2.24, 2.45) is 5.73 Å². The molecule has 0 bridgehead atoms. The summed E-state index contributed by atoms with van der Waals surface area (Å²) in [5.74, 6) is 1.81. The second kappa shape index (κ2) is 5.49. The maximum absolute atomic E-state index is 5.61. The lowest BCUT2D eigenvalue weighted by atomic mass is 10.2. The number of thiophene rings is 1. The Hall–Kier alpha value is -1.10. The smallest absolute Gasteiger partial charge is 0.118 e. The topological polar surface area (TPSA) is 42.4 Å². The molecule has 0 amide bonds. The fourth-order valence-electron chi connectivity index (χ4n) is 1.75. The number of hydrogen-bond acceptors (Lipinski definition) is 4. The molecule has 0 aliphatic rings. The number of hydrogen-bond donors (Lipinski definition) is 1. The van der Waals surface area contributed by atoms with Crippen LogP contribution >= 0.6 is 11.3 Å².